The van der Waals surface area contributed by atoms with Gasteiger partial charge in [-0.2, -0.15) is 0 Å². The molecule has 0 bridgehead atoms. The van der Waals surface area contributed by atoms with Crippen molar-refractivity contribution in [2.75, 3.05) is 0 Å². The van der Waals surface area contributed by atoms with E-state index in [0.29, 0.717) is 12.5 Å². The Balaban J connectivity index is 3.05. The third kappa shape index (κ3) is 2.71. The third-order valence-corrected chi connectivity index (χ3v) is 2.04. The molecule has 1 unspecified atom stereocenters. The number of aromatic nitrogens is 1. The van der Waals surface area contributed by atoms with Gasteiger partial charge in [0.2, 0.25) is 0 Å². The highest BCUT2D eigenvalue weighted by molar-refractivity contribution is 5.75. The minimum atomic E-state index is -1.14. The zero-order valence-corrected chi connectivity index (χ0v) is 8.20. The second kappa shape index (κ2) is 4.82. The van der Waals surface area contributed by atoms with Crippen LogP contribution in [-0.4, -0.2) is 16.1 Å². The Kier molecular flexibility index (Phi) is 3.71. The lowest BCUT2D eigenvalue weighted by atomic mass is 9.99. The molecule has 1 atom stereocenters. The van der Waals surface area contributed by atoms with Crippen molar-refractivity contribution in [1.82, 2.24) is 4.98 Å². The molecule has 0 fully saturated rings. The number of rotatable bonds is 4. The maximum absolute atomic E-state index is 13.2. The summed E-state index contributed by atoms with van der Waals surface area (Å²) >= 11 is 0. The van der Waals surface area contributed by atoms with Crippen LogP contribution in [0.25, 0.3) is 0 Å². The Hall–Kier alpha value is -1.52. The number of nitrogens with zero attached hydrogens (tertiary/aromatic N) is 1. The van der Waals surface area contributed by atoms with Crippen LogP contribution in [0, 0.1) is 11.6 Å². The van der Waals surface area contributed by atoms with E-state index in [-0.39, 0.29) is 12.1 Å². The molecule has 1 N–H and O–H groups in total. The van der Waals surface area contributed by atoms with Crippen molar-refractivity contribution in [1.29, 1.82) is 0 Å². The first-order chi connectivity index (χ1) is 7.06. The molecule has 0 spiro atoms. The molecule has 1 rings (SSSR count). The first-order valence-corrected chi connectivity index (χ1v) is 4.60. The van der Waals surface area contributed by atoms with Crippen LogP contribution in [0.4, 0.5) is 8.78 Å². The maximum atomic E-state index is 13.2. The predicted molar refractivity (Wildman–Crippen MR) is 49.4 cm³/mol. The molecule has 1 aromatic rings. The van der Waals surface area contributed by atoms with Gasteiger partial charge < -0.3 is 5.11 Å². The zero-order chi connectivity index (χ0) is 11.4. The molecular formula is C10H11F2NO2. The van der Waals surface area contributed by atoms with E-state index in [1.54, 1.807) is 6.92 Å². The smallest absolute Gasteiger partial charge is 0.312 e. The van der Waals surface area contributed by atoms with Gasteiger partial charge in [0.05, 0.1) is 11.9 Å². The van der Waals surface area contributed by atoms with Crippen molar-refractivity contribution in [2.24, 2.45) is 0 Å². The Labute approximate surface area is 85.8 Å². The summed E-state index contributed by atoms with van der Waals surface area (Å²) in [5.41, 5.74) is -0.203. The van der Waals surface area contributed by atoms with Crippen LogP contribution in [0.5, 0.6) is 0 Å². The molecule has 1 aromatic heterocycles. The Morgan fingerprint density at radius 1 is 1.60 bits per heavy atom. The maximum Gasteiger partial charge on any atom is 0.312 e. The van der Waals surface area contributed by atoms with Gasteiger partial charge in [-0.25, -0.2) is 8.78 Å². The van der Waals surface area contributed by atoms with Crippen LogP contribution < -0.4 is 0 Å². The van der Waals surface area contributed by atoms with Gasteiger partial charge in [0.1, 0.15) is 17.6 Å². The van der Waals surface area contributed by atoms with E-state index in [9.17, 15) is 13.6 Å². The topological polar surface area (TPSA) is 50.2 Å². The quantitative estimate of drug-likeness (QED) is 0.838. The Morgan fingerprint density at radius 3 is 2.73 bits per heavy atom. The molecule has 3 nitrogen and oxygen atoms in total. The molecular weight excluding hydrogens is 204 g/mol. The van der Waals surface area contributed by atoms with Gasteiger partial charge in [0, 0.05) is 6.07 Å². The van der Waals surface area contributed by atoms with Crippen molar-refractivity contribution in [3.05, 3.63) is 29.6 Å². The van der Waals surface area contributed by atoms with Crippen LogP contribution in [-0.2, 0) is 4.79 Å². The van der Waals surface area contributed by atoms with Gasteiger partial charge >= 0.3 is 5.97 Å². The fourth-order valence-corrected chi connectivity index (χ4v) is 1.35. The Bertz CT molecular complexity index is 368. The highest BCUT2D eigenvalue weighted by Gasteiger charge is 2.23. The number of carboxylic acid groups (broad SMARTS) is 1. The fourth-order valence-electron chi connectivity index (χ4n) is 1.35. The minimum Gasteiger partial charge on any atom is -0.481 e. The lowest BCUT2D eigenvalue weighted by molar-refractivity contribution is -0.139. The van der Waals surface area contributed by atoms with Crippen LogP contribution in [0.1, 0.15) is 31.4 Å². The molecule has 0 amide bonds. The van der Waals surface area contributed by atoms with E-state index >= 15 is 0 Å². The summed E-state index contributed by atoms with van der Waals surface area (Å²) in [6, 6.07) is 0.647. The molecule has 82 valence electrons. The van der Waals surface area contributed by atoms with E-state index in [4.69, 9.17) is 5.11 Å². The molecule has 0 aliphatic rings. The minimum absolute atomic E-state index is 0.203. The number of pyridine rings is 1. The van der Waals surface area contributed by atoms with Gasteiger partial charge in [-0.1, -0.05) is 13.3 Å². The van der Waals surface area contributed by atoms with Crippen molar-refractivity contribution in [3.63, 3.8) is 0 Å². The molecule has 0 aliphatic carbocycles. The van der Waals surface area contributed by atoms with Gasteiger partial charge in [-0.15, -0.1) is 0 Å². The summed E-state index contributed by atoms with van der Waals surface area (Å²) in [6.45, 7) is 1.79. The molecule has 15 heavy (non-hydrogen) atoms. The van der Waals surface area contributed by atoms with E-state index < -0.39 is 23.5 Å². The monoisotopic (exact) mass is 215 g/mol. The summed E-state index contributed by atoms with van der Waals surface area (Å²) in [4.78, 5) is 14.3. The largest absolute Gasteiger partial charge is 0.481 e. The second-order valence-electron chi connectivity index (χ2n) is 3.20. The van der Waals surface area contributed by atoms with Gasteiger partial charge in [0.15, 0.2) is 0 Å². The standard InChI is InChI=1S/C10H11F2NO2/c1-2-3-7(10(14)15)9-8(12)4-6(11)5-13-9/h4-5,7H,2-3H2,1H3,(H,14,15). The van der Waals surface area contributed by atoms with Crippen LogP contribution in [0.15, 0.2) is 12.3 Å². The summed E-state index contributed by atoms with van der Waals surface area (Å²) in [7, 11) is 0. The Morgan fingerprint density at radius 2 is 2.27 bits per heavy atom. The normalized spacial score (nSPS) is 12.5. The lowest BCUT2D eigenvalue weighted by Gasteiger charge is -2.10. The highest BCUT2D eigenvalue weighted by atomic mass is 19.1. The molecule has 0 aromatic carbocycles. The summed E-state index contributed by atoms with van der Waals surface area (Å²) < 4.78 is 25.8. The lowest BCUT2D eigenvalue weighted by Crippen LogP contribution is -2.15. The van der Waals surface area contributed by atoms with Crippen LogP contribution in [0.2, 0.25) is 0 Å². The number of aliphatic carboxylic acids is 1. The van der Waals surface area contributed by atoms with Crippen molar-refractivity contribution in [2.45, 2.75) is 25.7 Å². The van der Waals surface area contributed by atoms with E-state index in [2.05, 4.69) is 4.98 Å². The second-order valence-corrected chi connectivity index (χ2v) is 3.20. The van der Waals surface area contributed by atoms with E-state index in [1.807, 2.05) is 0 Å². The van der Waals surface area contributed by atoms with Gasteiger partial charge in [-0.3, -0.25) is 9.78 Å². The van der Waals surface area contributed by atoms with Gasteiger partial charge in [0.25, 0.3) is 0 Å². The highest BCUT2D eigenvalue weighted by Crippen LogP contribution is 2.22. The first kappa shape index (κ1) is 11.6. The molecule has 0 aliphatic heterocycles. The van der Waals surface area contributed by atoms with E-state index in [1.165, 1.54) is 0 Å². The summed E-state index contributed by atoms with van der Waals surface area (Å²) in [6.07, 6.45) is 1.70. The average Bonchev–Trinajstić information content (AvgIpc) is 2.15. The van der Waals surface area contributed by atoms with Crippen LogP contribution >= 0.6 is 0 Å². The molecule has 0 radical (unpaired) electrons. The third-order valence-electron chi connectivity index (χ3n) is 2.04. The number of halogens is 2. The molecule has 1 heterocycles. The van der Waals surface area contributed by atoms with Gasteiger partial charge in [-0.05, 0) is 6.42 Å². The number of carbonyl (C=O) groups is 1. The number of hydrogen-bond acceptors (Lipinski definition) is 2. The van der Waals surface area contributed by atoms with E-state index in [0.717, 1.165) is 6.20 Å². The number of carboxylic acids is 1. The zero-order valence-electron chi connectivity index (χ0n) is 8.20. The summed E-state index contributed by atoms with van der Waals surface area (Å²) in [5.74, 6) is -3.86. The SMILES string of the molecule is CCCC(C(=O)O)c1ncc(F)cc1F. The molecule has 5 heteroatoms. The average molecular weight is 215 g/mol. The van der Waals surface area contributed by atoms with Crippen molar-refractivity contribution < 1.29 is 18.7 Å². The summed E-state index contributed by atoms with van der Waals surface area (Å²) in [5, 5.41) is 8.85. The van der Waals surface area contributed by atoms with Crippen molar-refractivity contribution >= 4 is 5.97 Å². The predicted octanol–water partition coefficient (Wildman–Crippen LogP) is 2.33. The molecule has 0 saturated carbocycles. The fraction of sp³-hybridized carbons (Fsp3) is 0.400. The van der Waals surface area contributed by atoms with Crippen molar-refractivity contribution in [3.8, 4) is 0 Å². The number of hydrogen-bond donors (Lipinski definition) is 1. The first-order valence-electron chi connectivity index (χ1n) is 4.60. The molecule has 0 saturated heterocycles. The van der Waals surface area contributed by atoms with Crippen LogP contribution in [0.3, 0.4) is 0 Å².